The molecule has 0 heterocycles. The first kappa shape index (κ1) is 11.3. The maximum absolute atomic E-state index is 5.93. The Balaban J connectivity index is 2.21. The van der Waals surface area contributed by atoms with Crippen molar-refractivity contribution in [2.75, 3.05) is 5.88 Å². The molecule has 0 radical (unpaired) electrons. The third-order valence-corrected chi connectivity index (χ3v) is 3.14. The molecule has 0 amide bonds. The van der Waals surface area contributed by atoms with Crippen molar-refractivity contribution in [3.05, 3.63) is 0 Å². The van der Waals surface area contributed by atoms with Crippen LogP contribution >= 0.6 is 11.6 Å². The normalized spacial score (nSPS) is 21.2. The molecule has 0 spiro atoms. The molecular formula is C11H22ClN. The summed E-state index contributed by atoms with van der Waals surface area (Å²) in [4.78, 5) is 0. The van der Waals surface area contributed by atoms with E-state index in [1.54, 1.807) is 0 Å². The van der Waals surface area contributed by atoms with E-state index in [2.05, 4.69) is 19.2 Å². The Kier molecular flexibility index (Phi) is 5.12. The van der Waals surface area contributed by atoms with Crippen LogP contribution in [0.25, 0.3) is 0 Å². The lowest BCUT2D eigenvalue weighted by Crippen LogP contribution is -2.38. The Morgan fingerprint density at radius 3 is 2.38 bits per heavy atom. The van der Waals surface area contributed by atoms with E-state index >= 15 is 0 Å². The molecule has 2 heteroatoms. The van der Waals surface area contributed by atoms with Gasteiger partial charge in [-0.05, 0) is 25.2 Å². The van der Waals surface area contributed by atoms with E-state index < -0.39 is 0 Å². The molecule has 13 heavy (non-hydrogen) atoms. The molecule has 0 aromatic heterocycles. The summed E-state index contributed by atoms with van der Waals surface area (Å²) in [6, 6.07) is 1.28. The molecule has 1 saturated carbocycles. The third-order valence-electron chi connectivity index (χ3n) is 2.77. The molecule has 0 aliphatic heterocycles. The van der Waals surface area contributed by atoms with Crippen molar-refractivity contribution in [2.24, 2.45) is 5.92 Å². The van der Waals surface area contributed by atoms with Crippen molar-refractivity contribution < 1.29 is 0 Å². The predicted octanol–water partition coefficient (Wildman–Crippen LogP) is 3.17. The third kappa shape index (κ3) is 4.33. The minimum Gasteiger partial charge on any atom is -0.310 e. The lowest BCUT2D eigenvalue weighted by Gasteiger charge is -2.22. The Bertz CT molecular complexity index is 130. The van der Waals surface area contributed by atoms with Gasteiger partial charge in [-0.3, -0.25) is 0 Å². The average molecular weight is 204 g/mol. The molecule has 78 valence electrons. The minimum atomic E-state index is 0.532. The van der Waals surface area contributed by atoms with Gasteiger partial charge in [0.2, 0.25) is 0 Å². The van der Waals surface area contributed by atoms with Crippen molar-refractivity contribution in [2.45, 2.75) is 58.0 Å². The second kappa shape index (κ2) is 5.87. The van der Waals surface area contributed by atoms with E-state index in [9.17, 15) is 0 Å². The highest BCUT2D eigenvalue weighted by Crippen LogP contribution is 2.19. The Morgan fingerprint density at radius 1 is 1.31 bits per heavy atom. The van der Waals surface area contributed by atoms with Crippen molar-refractivity contribution in [1.29, 1.82) is 0 Å². The zero-order valence-electron chi connectivity index (χ0n) is 8.85. The molecule has 1 nitrogen and oxygen atoms in total. The number of halogens is 1. The highest BCUT2D eigenvalue weighted by Gasteiger charge is 2.18. The van der Waals surface area contributed by atoms with E-state index in [0.717, 1.165) is 17.8 Å². The van der Waals surface area contributed by atoms with Crippen LogP contribution in [0, 0.1) is 5.92 Å². The van der Waals surface area contributed by atoms with Gasteiger partial charge in [0.05, 0.1) is 0 Å². The molecule has 0 bridgehead atoms. The van der Waals surface area contributed by atoms with Crippen molar-refractivity contribution in [3.63, 3.8) is 0 Å². The summed E-state index contributed by atoms with van der Waals surface area (Å²) in [6.45, 7) is 4.52. The van der Waals surface area contributed by atoms with Crippen LogP contribution in [0.15, 0.2) is 0 Å². The number of hydrogen-bond acceptors (Lipinski definition) is 1. The van der Waals surface area contributed by atoms with Gasteiger partial charge in [0.25, 0.3) is 0 Å². The monoisotopic (exact) mass is 203 g/mol. The van der Waals surface area contributed by atoms with Crippen molar-refractivity contribution in [3.8, 4) is 0 Å². The molecule has 1 aliphatic rings. The molecule has 1 aliphatic carbocycles. The standard InChI is InChI=1S/C11H22ClN/c1-9(2)7-11(8-12)13-10-5-3-4-6-10/h9-11,13H,3-8H2,1-2H3. The second-order valence-corrected chi connectivity index (χ2v) is 4.94. The highest BCUT2D eigenvalue weighted by atomic mass is 35.5. The Hall–Kier alpha value is 0.250. The molecule has 0 aromatic carbocycles. The Morgan fingerprint density at radius 2 is 1.92 bits per heavy atom. The van der Waals surface area contributed by atoms with Crippen LogP contribution < -0.4 is 5.32 Å². The fourth-order valence-electron chi connectivity index (χ4n) is 2.17. The lowest BCUT2D eigenvalue weighted by molar-refractivity contribution is 0.394. The zero-order chi connectivity index (χ0) is 9.68. The van der Waals surface area contributed by atoms with Gasteiger partial charge in [-0.1, -0.05) is 26.7 Å². The Labute approximate surface area is 87.2 Å². The van der Waals surface area contributed by atoms with Gasteiger partial charge in [0.15, 0.2) is 0 Å². The van der Waals surface area contributed by atoms with Crippen molar-refractivity contribution in [1.82, 2.24) is 5.32 Å². The molecule has 1 rings (SSSR count). The molecule has 1 N–H and O–H groups in total. The van der Waals surface area contributed by atoms with Gasteiger partial charge in [0, 0.05) is 18.0 Å². The van der Waals surface area contributed by atoms with E-state index in [-0.39, 0.29) is 0 Å². The number of hydrogen-bond donors (Lipinski definition) is 1. The van der Waals surface area contributed by atoms with Crippen LogP contribution in [0.3, 0.4) is 0 Å². The fourth-order valence-corrected chi connectivity index (χ4v) is 2.39. The zero-order valence-corrected chi connectivity index (χ0v) is 9.61. The molecule has 1 fully saturated rings. The predicted molar refractivity (Wildman–Crippen MR) is 59.4 cm³/mol. The average Bonchev–Trinajstić information content (AvgIpc) is 2.55. The summed E-state index contributed by atoms with van der Waals surface area (Å²) in [5.74, 6) is 1.51. The number of nitrogens with one attached hydrogen (secondary N) is 1. The van der Waals surface area contributed by atoms with Crippen LogP contribution in [-0.4, -0.2) is 18.0 Å². The van der Waals surface area contributed by atoms with Gasteiger partial charge in [-0.25, -0.2) is 0 Å². The van der Waals surface area contributed by atoms with Gasteiger partial charge in [-0.15, -0.1) is 11.6 Å². The molecule has 1 unspecified atom stereocenters. The topological polar surface area (TPSA) is 12.0 Å². The SMILES string of the molecule is CC(C)CC(CCl)NC1CCCC1. The fraction of sp³-hybridized carbons (Fsp3) is 1.00. The van der Waals surface area contributed by atoms with Crippen LogP contribution in [0.4, 0.5) is 0 Å². The summed E-state index contributed by atoms with van der Waals surface area (Å²) in [7, 11) is 0. The maximum atomic E-state index is 5.93. The second-order valence-electron chi connectivity index (χ2n) is 4.63. The maximum Gasteiger partial charge on any atom is 0.0377 e. The molecule has 1 atom stereocenters. The quantitative estimate of drug-likeness (QED) is 0.677. The van der Waals surface area contributed by atoms with Gasteiger partial charge in [-0.2, -0.15) is 0 Å². The van der Waals surface area contributed by atoms with Crippen LogP contribution in [0.2, 0.25) is 0 Å². The number of rotatable bonds is 5. The summed E-state index contributed by atoms with van der Waals surface area (Å²) >= 11 is 5.93. The minimum absolute atomic E-state index is 0.532. The summed E-state index contributed by atoms with van der Waals surface area (Å²) in [5.41, 5.74) is 0. The highest BCUT2D eigenvalue weighted by molar-refractivity contribution is 6.18. The van der Waals surface area contributed by atoms with E-state index in [4.69, 9.17) is 11.6 Å². The van der Waals surface area contributed by atoms with Gasteiger partial charge < -0.3 is 5.32 Å². The van der Waals surface area contributed by atoms with E-state index in [0.29, 0.717) is 6.04 Å². The summed E-state index contributed by atoms with van der Waals surface area (Å²) in [5, 5.41) is 3.66. The molecule has 0 saturated heterocycles. The summed E-state index contributed by atoms with van der Waals surface area (Å²) in [6.07, 6.45) is 6.71. The van der Waals surface area contributed by atoms with E-state index in [1.807, 2.05) is 0 Å². The van der Waals surface area contributed by atoms with Gasteiger partial charge in [0.1, 0.15) is 0 Å². The first-order chi connectivity index (χ1) is 6.22. The van der Waals surface area contributed by atoms with Crippen LogP contribution in [0.5, 0.6) is 0 Å². The van der Waals surface area contributed by atoms with Crippen LogP contribution in [0.1, 0.15) is 46.0 Å². The first-order valence-electron chi connectivity index (χ1n) is 5.54. The summed E-state index contributed by atoms with van der Waals surface area (Å²) < 4.78 is 0. The van der Waals surface area contributed by atoms with E-state index in [1.165, 1.54) is 32.1 Å². The number of alkyl halides is 1. The van der Waals surface area contributed by atoms with Crippen LogP contribution in [-0.2, 0) is 0 Å². The smallest absolute Gasteiger partial charge is 0.0377 e. The largest absolute Gasteiger partial charge is 0.310 e. The van der Waals surface area contributed by atoms with Gasteiger partial charge >= 0.3 is 0 Å². The molecular weight excluding hydrogens is 182 g/mol. The van der Waals surface area contributed by atoms with Crippen molar-refractivity contribution >= 4 is 11.6 Å². The lowest BCUT2D eigenvalue weighted by atomic mass is 10.0. The molecule has 0 aromatic rings. The first-order valence-corrected chi connectivity index (χ1v) is 6.08.